The van der Waals surface area contributed by atoms with Gasteiger partial charge in [-0.05, 0) is 48.0 Å². The number of anilines is 1. The third-order valence-corrected chi connectivity index (χ3v) is 5.23. The summed E-state index contributed by atoms with van der Waals surface area (Å²) >= 11 is 0. The highest BCUT2D eigenvalue weighted by molar-refractivity contribution is 7.85. The first-order valence-corrected chi connectivity index (χ1v) is 10.1. The molecule has 0 amide bonds. The Morgan fingerprint density at radius 1 is 1.07 bits per heavy atom. The second kappa shape index (κ2) is 7.94. The van der Waals surface area contributed by atoms with Gasteiger partial charge in [-0.2, -0.15) is 8.42 Å². The molecule has 3 aromatic rings. The Hall–Kier alpha value is -3.36. The lowest BCUT2D eigenvalue weighted by molar-refractivity contribution is 0.483. The summed E-state index contributed by atoms with van der Waals surface area (Å²) in [6.07, 6.45) is 5.33. The van der Waals surface area contributed by atoms with Crippen LogP contribution in [0.15, 0.2) is 64.3 Å². The molecule has 0 radical (unpaired) electrons. The summed E-state index contributed by atoms with van der Waals surface area (Å²) in [5.74, 6) is 0. The molecule has 2 N–H and O–H groups in total. The zero-order valence-electron chi connectivity index (χ0n) is 16.0. The second-order valence-electron chi connectivity index (χ2n) is 6.63. The molecule has 1 heterocycles. The lowest BCUT2D eigenvalue weighted by Crippen LogP contribution is -2.33. The minimum atomic E-state index is -4.29. The van der Waals surface area contributed by atoms with Crippen LogP contribution in [-0.4, -0.2) is 36.8 Å². The lowest BCUT2D eigenvalue weighted by Gasteiger charge is -2.11. The zero-order chi connectivity index (χ0) is 21.2. The van der Waals surface area contributed by atoms with E-state index in [1.807, 2.05) is 49.3 Å². The van der Waals surface area contributed by atoms with E-state index >= 15 is 0 Å². The SMILES string of the molecule is C=c1[nH]n(-c2ccc(S(=O)(=O)O)cc2)c(=O)c1=CC=Cc1ccc(N(C)C)cc1. The van der Waals surface area contributed by atoms with E-state index < -0.39 is 10.1 Å². The lowest BCUT2D eigenvalue weighted by atomic mass is 10.2. The number of rotatable bonds is 5. The fraction of sp³-hybridized carbons (Fsp3) is 0.0952. The Morgan fingerprint density at radius 3 is 2.24 bits per heavy atom. The number of aromatic nitrogens is 2. The minimum absolute atomic E-state index is 0.245. The van der Waals surface area contributed by atoms with E-state index in [4.69, 9.17) is 4.55 Å². The molecule has 3 rings (SSSR count). The van der Waals surface area contributed by atoms with Crippen LogP contribution in [0.5, 0.6) is 0 Å². The molecule has 1 aromatic heterocycles. The molecule has 2 aromatic carbocycles. The molecule has 150 valence electrons. The van der Waals surface area contributed by atoms with Crippen molar-refractivity contribution < 1.29 is 13.0 Å². The smallest absolute Gasteiger partial charge is 0.294 e. The van der Waals surface area contributed by atoms with Crippen molar-refractivity contribution >= 4 is 34.5 Å². The molecule has 0 aliphatic heterocycles. The van der Waals surface area contributed by atoms with Crippen LogP contribution in [0.4, 0.5) is 5.69 Å². The van der Waals surface area contributed by atoms with Crippen LogP contribution in [0.25, 0.3) is 24.4 Å². The molecular formula is C21H21N3O4S. The quantitative estimate of drug-likeness (QED) is 0.619. The Balaban J connectivity index is 1.91. The molecule has 29 heavy (non-hydrogen) atoms. The van der Waals surface area contributed by atoms with Crippen LogP contribution in [-0.2, 0) is 10.1 Å². The second-order valence-corrected chi connectivity index (χ2v) is 8.05. The van der Waals surface area contributed by atoms with Crippen molar-refractivity contribution in [1.29, 1.82) is 0 Å². The van der Waals surface area contributed by atoms with Crippen molar-refractivity contribution in [2.75, 3.05) is 19.0 Å². The number of H-pyrrole nitrogens is 1. The first kappa shape index (κ1) is 20.4. The van der Waals surface area contributed by atoms with Crippen molar-refractivity contribution in [3.8, 4) is 5.69 Å². The van der Waals surface area contributed by atoms with Crippen LogP contribution < -0.4 is 21.0 Å². The van der Waals surface area contributed by atoms with Gasteiger partial charge in [-0.15, -0.1) is 0 Å². The highest BCUT2D eigenvalue weighted by Crippen LogP contribution is 2.13. The molecule has 0 saturated heterocycles. The van der Waals surface area contributed by atoms with Crippen molar-refractivity contribution in [2.24, 2.45) is 0 Å². The van der Waals surface area contributed by atoms with Crippen LogP contribution >= 0.6 is 0 Å². The van der Waals surface area contributed by atoms with Crippen LogP contribution in [0.1, 0.15) is 5.56 Å². The summed E-state index contributed by atoms with van der Waals surface area (Å²) in [5, 5.41) is 3.69. The molecule has 0 unspecified atom stereocenters. The van der Waals surface area contributed by atoms with Crippen LogP contribution in [0.2, 0.25) is 0 Å². The minimum Gasteiger partial charge on any atom is -0.378 e. The molecule has 0 bridgehead atoms. The third kappa shape index (κ3) is 4.56. The summed E-state index contributed by atoms with van der Waals surface area (Å²) in [4.78, 5) is 14.5. The summed E-state index contributed by atoms with van der Waals surface area (Å²) < 4.78 is 32.6. The fourth-order valence-corrected chi connectivity index (χ4v) is 3.24. The Morgan fingerprint density at radius 2 is 1.69 bits per heavy atom. The molecule has 0 aliphatic carbocycles. The number of hydrogen-bond donors (Lipinski definition) is 2. The number of allylic oxidation sites excluding steroid dienone is 1. The molecule has 8 heteroatoms. The maximum atomic E-state index is 12.7. The first-order chi connectivity index (χ1) is 13.7. The van der Waals surface area contributed by atoms with Crippen LogP contribution in [0, 0.1) is 0 Å². The fourth-order valence-electron chi connectivity index (χ4n) is 2.76. The maximum absolute atomic E-state index is 12.7. The monoisotopic (exact) mass is 411 g/mol. The van der Waals surface area contributed by atoms with E-state index in [2.05, 4.69) is 11.7 Å². The Kier molecular flexibility index (Phi) is 5.58. The van der Waals surface area contributed by atoms with Gasteiger partial charge < -0.3 is 4.90 Å². The number of benzene rings is 2. The van der Waals surface area contributed by atoms with E-state index in [1.54, 1.807) is 12.2 Å². The van der Waals surface area contributed by atoms with Gasteiger partial charge >= 0.3 is 0 Å². The van der Waals surface area contributed by atoms with Gasteiger partial charge in [-0.3, -0.25) is 14.4 Å². The molecule has 0 atom stereocenters. The predicted octanol–water partition coefficient (Wildman–Crippen LogP) is 1.38. The molecule has 0 fully saturated rings. The van der Waals surface area contributed by atoms with Crippen molar-refractivity contribution in [2.45, 2.75) is 4.90 Å². The summed E-state index contributed by atoms with van der Waals surface area (Å²) in [6.45, 7) is 3.86. The van der Waals surface area contributed by atoms with E-state index in [0.717, 1.165) is 11.3 Å². The summed E-state index contributed by atoms with van der Waals surface area (Å²) in [7, 11) is -0.341. The van der Waals surface area contributed by atoms with E-state index in [9.17, 15) is 13.2 Å². The largest absolute Gasteiger partial charge is 0.378 e. The van der Waals surface area contributed by atoms with Gasteiger partial charge in [0.2, 0.25) is 0 Å². The topological polar surface area (TPSA) is 95.4 Å². The van der Waals surface area contributed by atoms with E-state index in [0.29, 0.717) is 16.3 Å². The molecule has 0 saturated carbocycles. The van der Waals surface area contributed by atoms with Gasteiger partial charge in [-0.25, -0.2) is 4.68 Å². The highest BCUT2D eigenvalue weighted by atomic mass is 32.2. The zero-order valence-corrected chi connectivity index (χ0v) is 16.8. The van der Waals surface area contributed by atoms with Gasteiger partial charge in [0.05, 0.1) is 21.2 Å². The van der Waals surface area contributed by atoms with Crippen molar-refractivity contribution in [1.82, 2.24) is 9.78 Å². The standard InChI is InChI=1S/C21H21N3O4S/c1-15-20(6-4-5-16-7-9-17(10-8-16)23(2)3)21(25)24(22-15)18-11-13-19(14-12-18)29(26,27)28/h4-14,22H,1H2,2-3H3,(H,26,27,28). The number of nitrogens with one attached hydrogen (secondary N) is 1. The van der Waals surface area contributed by atoms with E-state index in [-0.39, 0.29) is 10.5 Å². The number of hydrogen-bond acceptors (Lipinski definition) is 4. The Bertz CT molecular complexity index is 1310. The summed E-state index contributed by atoms with van der Waals surface area (Å²) in [6, 6.07) is 13.3. The van der Waals surface area contributed by atoms with E-state index in [1.165, 1.54) is 28.9 Å². The molecule has 0 spiro atoms. The normalized spacial score (nSPS) is 12.6. The number of nitrogens with zero attached hydrogens (tertiary/aromatic N) is 2. The average Bonchev–Trinajstić information content (AvgIpc) is 2.96. The van der Waals surface area contributed by atoms with Crippen molar-refractivity contribution in [3.05, 3.63) is 81.1 Å². The van der Waals surface area contributed by atoms with Gasteiger partial charge in [0.1, 0.15) is 0 Å². The third-order valence-electron chi connectivity index (χ3n) is 4.36. The highest BCUT2D eigenvalue weighted by Gasteiger charge is 2.10. The molecule has 0 aliphatic rings. The molecular weight excluding hydrogens is 390 g/mol. The predicted molar refractivity (Wildman–Crippen MR) is 115 cm³/mol. The summed E-state index contributed by atoms with van der Waals surface area (Å²) in [5.41, 5.74) is 2.20. The number of aromatic amines is 1. The van der Waals surface area contributed by atoms with Gasteiger partial charge in [-0.1, -0.05) is 30.9 Å². The van der Waals surface area contributed by atoms with Gasteiger partial charge in [0.15, 0.2) is 0 Å². The van der Waals surface area contributed by atoms with Gasteiger partial charge in [0.25, 0.3) is 15.7 Å². The average molecular weight is 411 g/mol. The van der Waals surface area contributed by atoms with Crippen LogP contribution in [0.3, 0.4) is 0 Å². The molecule has 7 nitrogen and oxygen atoms in total. The first-order valence-electron chi connectivity index (χ1n) is 8.70. The van der Waals surface area contributed by atoms with Crippen molar-refractivity contribution in [3.63, 3.8) is 0 Å². The Labute approximate surface area is 168 Å². The maximum Gasteiger partial charge on any atom is 0.294 e. The van der Waals surface area contributed by atoms with Gasteiger partial charge in [0, 0.05) is 19.8 Å².